The molecule has 2 N–H and O–H groups in total. The van der Waals surface area contributed by atoms with E-state index in [-0.39, 0.29) is 24.0 Å². The predicted molar refractivity (Wildman–Crippen MR) is 89.7 cm³/mol. The Morgan fingerprint density at radius 1 is 1.39 bits per heavy atom. The van der Waals surface area contributed by atoms with E-state index >= 15 is 0 Å². The zero-order chi connectivity index (χ0) is 12.7. The number of halogens is 1. The first-order valence-electron chi connectivity index (χ1n) is 6.18. The van der Waals surface area contributed by atoms with Crippen LogP contribution in [-0.4, -0.2) is 19.0 Å². The van der Waals surface area contributed by atoms with Gasteiger partial charge in [0.05, 0.1) is 0 Å². The van der Waals surface area contributed by atoms with E-state index in [4.69, 9.17) is 0 Å². The number of hydrogen-bond donors (Lipinski definition) is 2. The highest BCUT2D eigenvalue weighted by molar-refractivity contribution is 14.0. The Morgan fingerprint density at radius 2 is 2.11 bits per heavy atom. The van der Waals surface area contributed by atoms with Crippen LogP contribution >= 0.6 is 24.0 Å². The maximum absolute atomic E-state index is 4.21. The lowest BCUT2D eigenvalue weighted by atomic mass is 10.1. The fraction of sp³-hybridized carbons (Fsp3) is 0.500. The Balaban J connectivity index is 0.00000289. The SMILES string of the molecule is CCC(C)NC(=NC)NCc1cccc(C)c1.I. The van der Waals surface area contributed by atoms with Crippen LogP contribution in [0.25, 0.3) is 0 Å². The molecule has 0 fully saturated rings. The molecule has 0 aliphatic heterocycles. The molecule has 0 saturated carbocycles. The minimum Gasteiger partial charge on any atom is -0.354 e. The van der Waals surface area contributed by atoms with Gasteiger partial charge in [0.25, 0.3) is 0 Å². The monoisotopic (exact) mass is 361 g/mol. The van der Waals surface area contributed by atoms with Crippen LogP contribution in [0, 0.1) is 6.92 Å². The summed E-state index contributed by atoms with van der Waals surface area (Å²) in [5.74, 6) is 0.862. The van der Waals surface area contributed by atoms with Crippen molar-refractivity contribution in [2.45, 2.75) is 39.8 Å². The number of guanidine groups is 1. The molecule has 1 atom stereocenters. The van der Waals surface area contributed by atoms with Gasteiger partial charge in [-0.15, -0.1) is 24.0 Å². The molecule has 4 heteroatoms. The average molecular weight is 361 g/mol. The summed E-state index contributed by atoms with van der Waals surface area (Å²) in [6.45, 7) is 7.22. The quantitative estimate of drug-likeness (QED) is 0.491. The Hall–Kier alpha value is -0.780. The largest absolute Gasteiger partial charge is 0.354 e. The first kappa shape index (κ1) is 17.2. The van der Waals surface area contributed by atoms with Gasteiger partial charge in [-0.2, -0.15) is 0 Å². The Labute approximate surface area is 127 Å². The molecule has 0 aliphatic carbocycles. The Kier molecular flexibility index (Phi) is 8.79. The van der Waals surface area contributed by atoms with Gasteiger partial charge in [-0.25, -0.2) is 0 Å². The molecule has 0 saturated heterocycles. The van der Waals surface area contributed by atoms with Crippen LogP contribution < -0.4 is 10.6 Å². The lowest BCUT2D eigenvalue weighted by Crippen LogP contribution is -2.41. The lowest BCUT2D eigenvalue weighted by Gasteiger charge is -2.16. The van der Waals surface area contributed by atoms with Crippen LogP contribution in [0.5, 0.6) is 0 Å². The second-order valence-electron chi connectivity index (χ2n) is 4.37. The summed E-state index contributed by atoms with van der Waals surface area (Å²) in [5.41, 5.74) is 2.56. The smallest absolute Gasteiger partial charge is 0.191 e. The van der Waals surface area contributed by atoms with Crippen LogP contribution in [0.15, 0.2) is 29.3 Å². The first-order chi connectivity index (χ1) is 8.15. The molecular formula is C14H24IN3. The van der Waals surface area contributed by atoms with Crippen molar-refractivity contribution in [1.82, 2.24) is 10.6 Å². The van der Waals surface area contributed by atoms with Gasteiger partial charge in [0.15, 0.2) is 5.96 Å². The summed E-state index contributed by atoms with van der Waals surface area (Å²) in [6, 6.07) is 8.94. The number of benzene rings is 1. The number of aliphatic imine (C=N–C) groups is 1. The zero-order valence-electron chi connectivity index (χ0n) is 11.7. The van der Waals surface area contributed by atoms with Gasteiger partial charge in [-0.05, 0) is 25.8 Å². The topological polar surface area (TPSA) is 36.4 Å². The van der Waals surface area contributed by atoms with Gasteiger partial charge in [0.1, 0.15) is 0 Å². The summed E-state index contributed by atoms with van der Waals surface area (Å²) in [7, 11) is 1.80. The number of aryl methyl sites for hydroxylation is 1. The Morgan fingerprint density at radius 3 is 2.67 bits per heavy atom. The molecule has 1 aromatic carbocycles. The lowest BCUT2D eigenvalue weighted by molar-refractivity contribution is 0.624. The highest BCUT2D eigenvalue weighted by Gasteiger charge is 2.02. The van der Waals surface area contributed by atoms with Gasteiger partial charge in [-0.1, -0.05) is 36.8 Å². The summed E-state index contributed by atoms with van der Waals surface area (Å²) in [5, 5.41) is 6.66. The van der Waals surface area contributed by atoms with Crippen molar-refractivity contribution in [3.05, 3.63) is 35.4 Å². The van der Waals surface area contributed by atoms with Crippen molar-refractivity contribution < 1.29 is 0 Å². The molecule has 0 aromatic heterocycles. The van der Waals surface area contributed by atoms with Crippen molar-refractivity contribution in [2.24, 2.45) is 4.99 Å². The molecule has 102 valence electrons. The summed E-state index contributed by atoms with van der Waals surface area (Å²) < 4.78 is 0. The minimum absolute atomic E-state index is 0. The van der Waals surface area contributed by atoms with E-state index in [1.165, 1.54) is 11.1 Å². The van der Waals surface area contributed by atoms with Crippen LogP contribution in [-0.2, 0) is 6.54 Å². The third-order valence-corrected chi connectivity index (χ3v) is 2.76. The molecule has 1 aromatic rings. The van der Waals surface area contributed by atoms with Crippen molar-refractivity contribution in [3.8, 4) is 0 Å². The minimum atomic E-state index is 0. The molecular weight excluding hydrogens is 337 g/mol. The summed E-state index contributed by atoms with van der Waals surface area (Å²) in [6.07, 6.45) is 1.09. The van der Waals surface area contributed by atoms with Crippen LogP contribution in [0.2, 0.25) is 0 Å². The van der Waals surface area contributed by atoms with Crippen molar-refractivity contribution >= 4 is 29.9 Å². The number of nitrogens with zero attached hydrogens (tertiary/aromatic N) is 1. The van der Waals surface area contributed by atoms with Gasteiger partial charge in [0.2, 0.25) is 0 Å². The molecule has 0 bridgehead atoms. The average Bonchev–Trinajstić information content (AvgIpc) is 2.34. The van der Waals surface area contributed by atoms with Crippen LogP contribution in [0.1, 0.15) is 31.4 Å². The van der Waals surface area contributed by atoms with E-state index < -0.39 is 0 Å². The number of rotatable bonds is 4. The van der Waals surface area contributed by atoms with Crippen LogP contribution in [0.3, 0.4) is 0 Å². The molecule has 0 spiro atoms. The highest BCUT2D eigenvalue weighted by Crippen LogP contribution is 2.03. The number of nitrogens with one attached hydrogen (secondary N) is 2. The fourth-order valence-electron chi connectivity index (χ4n) is 1.54. The van der Waals surface area contributed by atoms with E-state index in [0.717, 1.165) is 18.9 Å². The second-order valence-corrected chi connectivity index (χ2v) is 4.37. The van der Waals surface area contributed by atoms with Gasteiger partial charge in [-0.3, -0.25) is 4.99 Å². The van der Waals surface area contributed by atoms with Gasteiger partial charge < -0.3 is 10.6 Å². The molecule has 18 heavy (non-hydrogen) atoms. The molecule has 1 unspecified atom stereocenters. The van der Waals surface area contributed by atoms with Crippen molar-refractivity contribution in [2.75, 3.05) is 7.05 Å². The van der Waals surface area contributed by atoms with Crippen molar-refractivity contribution in [3.63, 3.8) is 0 Å². The number of hydrogen-bond acceptors (Lipinski definition) is 1. The van der Waals surface area contributed by atoms with Crippen LogP contribution in [0.4, 0.5) is 0 Å². The standard InChI is InChI=1S/C14H23N3.HI/c1-5-12(3)17-14(15-4)16-10-13-8-6-7-11(2)9-13;/h6-9,12H,5,10H2,1-4H3,(H2,15,16,17);1H. The maximum atomic E-state index is 4.21. The van der Waals surface area contributed by atoms with E-state index in [2.05, 4.69) is 60.7 Å². The first-order valence-corrected chi connectivity index (χ1v) is 6.18. The predicted octanol–water partition coefficient (Wildman–Crippen LogP) is 3.08. The normalized spacial score (nSPS) is 12.6. The van der Waals surface area contributed by atoms with Gasteiger partial charge >= 0.3 is 0 Å². The Bertz CT molecular complexity index is 377. The zero-order valence-corrected chi connectivity index (χ0v) is 14.0. The van der Waals surface area contributed by atoms with E-state index in [0.29, 0.717) is 6.04 Å². The fourth-order valence-corrected chi connectivity index (χ4v) is 1.54. The molecule has 0 radical (unpaired) electrons. The second kappa shape index (κ2) is 9.19. The summed E-state index contributed by atoms with van der Waals surface area (Å²) in [4.78, 5) is 4.21. The van der Waals surface area contributed by atoms with Crippen molar-refractivity contribution in [1.29, 1.82) is 0 Å². The van der Waals surface area contributed by atoms with E-state index in [1.54, 1.807) is 7.05 Å². The molecule has 3 nitrogen and oxygen atoms in total. The molecule has 0 amide bonds. The maximum Gasteiger partial charge on any atom is 0.191 e. The molecule has 0 heterocycles. The third kappa shape index (κ3) is 6.23. The summed E-state index contributed by atoms with van der Waals surface area (Å²) >= 11 is 0. The molecule has 0 aliphatic rings. The van der Waals surface area contributed by atoms with E-state index in [9.17, 15) is 0 Å². The highest BCUT2D eigenvalue weighted by atomic mass is 127. The van der Waals surface area contributed by atoms with Gasteiger partial charge in [0, 0.05) is 19.6 Å². The third-order valence-electron chi connectivity index (χ3n) is 2.76. The molecule has 1 rings (SSSR count). The van der Waals surface area contributed by atoms with E-state index in [1.807, 2.05) is 0 Å².